The largest absolute Gasteiger partial charge is 0.379 e. The number of rotatable bonds is 5. The van der Waals surface area contributed by atoms with Gasteiger partial charge in [-0.2, -0.15) is 0 Å². The van der Waals surface area contributed by atoms with Gasteiger partial charge >= 0.3 is 0 Å². The first-order valence-electron chi connectivity index (χ1n) is 10.9. The Bertz CT molecular complexity index is 1250. The second kappa shape index (κ2) is 10.2. The molecule has 1 fully saturated rings. The lowest BCUT2D eigenvalue weighted by molar-refractivity contribution is -0.114. The first-order valence-corrected chi connectivity index (χ1v) is 10.9. The molecule has 6 nitrogen and oxygen atoms in total. The van der Waals surface area contributed by atoms with Crippen LogP contribution in [0.2, 0.25) is 0 Å². The van der Waals surface area contributed by atoms with Crippen LogP contribution in [0.25, 0.3) is 28.0 Å². The molecule has 0 bridgehead atoms. The van der Waals surface area contributed by atoms with E-state index in [1.54, 1.807) is 0 Å². The number of morpholine rings is 1. The molecule has 2 aromatic heterocycles. The molecule has 5 rings (SSSR count). The maximum Gasteiger partial charge on any atom is 0.221 e. The summed E-state index contributed by atoms with van der Waals surface area (Å²) in [6.45, 7) is 6.11. The summed E-state index contributed by atoms with van der Waals surface area (Å²) in [5, 5.41) is 2.84. The van der Waals surface area contributed by atoms with Crippen LogP contribution in [0.5, 0.6) is 0 Å². The number of carbonyl (C=O) groups is 1. The molecule has 4 aromatic rings. The lowest BCUT2D eigenvalue weighted by Gasteiger charge is -2.26. The quantitative estimate of drug-likeness (QED) is 0.459. The van der Waals surface area contributed by atoms with Gasteiger partial charge in [0.1, 0.15) is 5.65 Å². The number of pyridine rings is 1. The lowest BCUT2D eigenvalue weighted by Crippen LogP contribution is -2.35. The standard InChI is InChI=1S/C26H26N4O2.ClH/c1-19(31)28-24-4-2-3-23(15-24)25-17-27-26-16-22(9-10-30(25)26)21-7-5-20(6-8-21)18-29-11-13-32-14-12-29;/h2-10,15-17H,11-14,18H2,1H3,(H,28,31);1H. The Labute approximate surface area is 199 Å². The van der Waals surface area contributed by atoms with Gasteiger partial charge in [-0.1, -0.05) is 36.4 Å². The van der Waals surface area contributed by atoms with Gasteiger partial charge in [0.2, 0.25) is 5.91 Å². The minimum atomic E-state index is -0.0825. The molecule has 7 heteroatoms. The number of hydrogen-bond acceptors (Lipinski definition) is 4. The number of ether oxygens (including phenoxy) is 1. The van der Waals surface area contributed by atoms with Crippen molar-refractivity contribution in [3.8, 4) is 22.4 Å². The topological polar surface area (TPSA) is 58.9 Å². The number of carbonyl (C=O) groups excluding carboxylic acids is 1. The Morgan fingerprint density at radius 2 is 1.79 bits per heavy atom. The van der Waals surface area contributed by atoms with Crippen LogP contribution in [0, 0.1) is 0 Å². The zero-order valence-corrected chi connectivity index (χ0v) is 19.3. The van der Waals surface area contributed by atoms with Gasteiger partial charge in [0, 0.05) is 44.0 Å². The fraction of sp³-hybridized carbons (Fsp3) is 0.231. The third kappa shape index (κ3) is 5.25. The van der Waals surface area contributed by atoms with E-state index in [9.17, 15) is 4.79 Å². The molecule has 1 aliphatic rings. The lowest BCUT2D eigenvalue weighted by atomic mass is 10.0. The van der Waals surface area contributed by atoms with E-state index in [4.69, 9.17) is 4.74 Å². The van der Waals surface area contributed by atoms with Gasteiger partial charge < -0.3 is 10.1 Å². The number of hydrogen-bond donors (Lipinski definition) is 1. The van der Waals surface area contributed by atoms with E-state index in [2.05, 4.69) is 62.2 Å². The van der Waals surface area contributed by atoms with Crippen LogP contribution < -0.4 is 5.32 Å². The van der Waals surface area contributed by atoms with Crippen molar-refractivity contribution in [2.24, 2.45) is 0 Å². The van der Waals surface area contributed by atoms with Crippen molar-refractivity contribution in [1.29, 1.82) is 0 Å². The summed E-state index contributed by atoms with van der Waals surface area (Å²) in [5.41, 5.74) is 7.29. The van der Waals surface area contributed by atoms with Crippen LogP contribution in [-0.4, -0.2) is 46.5 Å². The van der Waals surface area contributed by atoms with Crippen molar-refractivity contribution < 1.29 is 9.53 Å². The molecule has 3 heterocycles. The Hall–Kier alpha value is -3.19. The number of nitrogens with one attached hydrogen (secondary N) is 1. The Morgan fingerprint density at radius 1 is 1.00 bits per heavy atom. The van der Waals surface area contributed by atoms with Crippen molar-refractivity contribution in [2.45, 2.75) is 13.5 Å². The maximum atomic E-state index is 11.4. The van der Waals surface area contributed by atoms with Crippen LogP contribution in [0.15, 0.2) is 73.1 Å². The molecule has 0 aliphatic carbocycles. The van der Waals surface area contributed by atoms with Gasteiger partial charge in [-0.25, -0.2) is 4.98 Å². The molecule has 1 N–H and O–H groups in total. The minimum absolute atomic E-state index is 0. The van der Waals surface area contributed by atoms with Gasteiger partial charge in [-0.3, -0.25) is 14.1 Å². The van der Waals surface area contributed by atoms with E-state index in [1.807, 2.05) is 30.5 Å². The van der Waals surface area contributed by atoms with Crippen LogP contribution in [0.1, 0.15) is 12.5 Å². The normalized spacial score (nSPS) is 14.1. The number of fused-ring (bicyclic) bond motifs is 1. The molecule has 33 heavy (non-hydrogen) atoms. The molecule has 0 saturated carbocycles. The first kappa shape index (κ1) is 23.0. The summed E-state index contributed by atoms with van der Waals surface area (Å²) in [6.07, 6.45) is 3.93. The van der Waals surface area contributed by atoms with Crippen LogP contribution >= 0.6 is 12.4 Å². The molecule has 0 atom stereocenters. The van der Waals surface area contributed by atoms with Crippen molar-refractivity contribution in [3.05, 3.63) is 78.6 Å². The molecular formula is C26H27ClN4O2. The van der Waals surface area contributed by atoms with Crippen LogP contribution in [0.4, 0.5) is 5.69 Å². The molecule has 1 amide bonds. The predicted octanol–water partition coefficient (Wildman–Crippen LogP) is 4.88. The zero-order valence-electron chi connectivity index (χ0n) is 18.5. The Morgan fingerprint density at radius 3 is 2.55 bits per heavy atom. The highest BCUT2D eigenvalue weighted by atomic mass is 35.5. The van der Waals surface area contributed by atoms with Gasteiger partial charge in [0.25, 0.3) is 0 Å². The highest BCUT2D eigenvalue weighted by molar-refractivity contribution is 5.89. The SMILES string of the molecule is CC(=O)Nc1cccc(-c2cnc3cc(-c4ccc(CN5CCOCC5)cc4)ccn23)c1.Cl. The molecule has 0 spiro atoms. The smallest absolute Gasteiger partial charge is 0.221 e. The van der Waals surface area contributed by atoms with Gasteiger partial charge in [0.15, 0.2) is 0 Å². The van der Waals surface area contributed by atoms with E-state index < -0.39 is 0 Å². The van der Waals surface area contributed by atoms with Crippen molar-refractivity contribution in [1.82, 2.24) is 14.3 Å². The van der Waals surface area contributed by atoms with E-state index >= 15 is 0 Å². The monoisotopic (exact) mass is 462 g/mol. The van der Waals surface area contributed by atoms with E-state index in [0.29, 0.717) is 0 Å². The summed E-state index contributed by atoms with van der Waals surface area (Å²) < 4.78 is 7.51. The Balaban J connectivity index is 0.00000259. The maximum absolute atomic E-state index is 11.4. The molecule has 2 aromatic carbocycles. The number of anilines is 1. The minimum Gasteiger partial charge on any atom is -0.379 e. The number of imidazole rings is 1. The van der Waals surface area contributed by atoms with Gasteiger partial charge in [0.05, 0.1) is 25.1 Å². The van der Waals surface area contributed by atoms with Crippen LogP contribution in [0.3, 0.4) is 0 Å². The van der Waals surface area contributed by atoms with Crippen molar-refractivity contribution >= 4 is 29.6 Å². The van der Waals surface area contributed by atoms with Gasteiger partial charge in [-0.05, 0) is 41.0 Å². The molecule has 0 radical (unpaired) electrons. The highest BCUT2D eigenvalue weighted by Crippen LogP contribution is 2.27. The second-order valence-corrected chi connectivity index (χ2v) is 8.13. The molecule has 1 aliphatic heterocycles. The van der Waals surface area contributed by atoms with E-state index in [0.717, 1.165) is 61.0 Å². The number of nitrogens with zero attached hydrogens (tertiary/aromatic N) is 3. The van der Waals surface area contributed by atoms with Crippen LogP contribution in [-0.2, 0) is 16.1 Å². The summed E-state index contributed by atoms with van der Waals surface area (Å²) in [7, 11) is 0. The fourth-order valence-corrected chi connectivity index (χ4v) is 4.15. The van der Waals surface area contributed by atoms with E-state index in [-0.39, 0.29) is 18.3 Å². The number of aromatic nitrogens is 2. The average Bonchev–Trinajstić information content (AvgIpc) is 3.23. The molecule has 0 unspecified atom stereocenters. The predicted molar refractivity (Wildman–Crippen MR) is 134 cm³/mol. The second-order valence-electron chi connectivity index (χ2n) is 8.13. The van der Waals surface area contributed by atoms with Crippen molar-refractivity contribution in [2.75, 3.05) is 31.6 Å². The molecular weight excluding hydrogens is 436 g/mol. The Kier molecular flexibility index (Phi) is 7.08. The zero-order chi connectivity index (χ0) is 21.9. The highest BCUT2D eigenvalue weighted by Gasteiger charge is 2.11. The summed E-state index contributed by atoms with van der Waals surface area (Å²) in [5.74, 6) is -0.0825. The third-order valence-corrected chi connectivity index (χ3v) is 5.79. The van der Waals surface area contributed by atoms with Gasteiger partial charge in [-0.15, -0.1) is 12.4 Å². The average molecular weight is 463 g/mol. The van der Waals surface area contributed by atoms with Crippen molar-refractivity contribution in [3.63, 3.8) is 0 Å². The summed E-state index contributed by atoms with van der Waals surface area (Å²) >= 11 is 0. The fourth-order valence-electron chi connectivity index (χ4n) is 4.15. The van der Waals surface area contributed by atoms with E-state index in [1.165, 1.54) is 18.1 Å². The molecule has 1 saturated heterocycles. The first-order chi connectivity index (χ1) is 15.7. The number of benzene rings is 2. The summed E-state index contributed by atoms with van der Waals surface area (Å²) in [6, 6.07) is 20.8. The molecule has 170 valence electrons. The number of amides is 1. The summed E-state index contributed by atoms with van der Waals surface area (Å²) in [4.78, 5) is 18.4. The third-order valence-electron chi connectivity index (χ3n) is 5.79. The number of halogens is 1.